The number of amides is 3. The molecule has 3 aromatic rings. The third-order valence-electron chi connectivity index (χ3n) is 7.56. The summed E-state index contributed by atoms with van der Waals surface area (Å²) in [6.45, 7) is 3.41. The number of imidazole rings is 1. The minimum Gasteiger partial charge on any atom is -0.445 e. The zero-order valence-electron chi connectivity index (χ0n) is 23.6. The fraction of sp³-hybridized carbons (Fsp3) is 0.419. The van der Waals surface area contributed by atoms with Gasteiger partial charge in [-0.3, -0.25) is 28.9 Å². The fourth-order valence-electron chi connectivity index (χ4n) is 5.41. The van der Waals surface area contributed by atoms with Crippen molar-refractivity contribution in [3.8, 4) is 11.8 Å². The Hall–Kier alpha value is -4.40. The van der Waals surface area contributed by atoms with Crippen LogP contribution in [0, 0.1) is 11.8 Å². The number of morpholine rings is 1. The highest BCUT2D eigenvalue weighted by atomic mass is 16.5. The van der Waals surface area contributed by atoms with Crippen LogP contribution in [-0.2, 0) is 32.7 Å². The third kappa shape index (κ3) is 6.90. The standard InChI is InChI=1S/C31H35N5O6/c1-34-28-23(10-5-13-25(28)36(31(34)40)26-14-15-27(37)33-29(26)38)11-7-17-35-18-19-41-24(20-35)12-6-16-32-30(39)42-21-22-8-3-2-4-9-22/h2-5,8-10,13,24,26H,6,12,14-21H2,1H3,(H,32,39)(H,33,37,38)/t24-,26?/m1/s1. The molecule has 2 N–H and O–H groups in total. The number of rotatable bonds is 8. The Morgan fingerprint density at radius 3 is 2.79 bits per heavy atom. The minimum atomic E-state index is -0.734. The molecule has 0 radical (unpaired) electrons. The summed E-state index contributed by atoms with van der Waals surface area (Å²) >= 11 is 0. The maximum absolute atomic E-state index is 13.1. The summed E-state index contributed by atoms with van der Waals surface area (Å²) in [6, 6.07) is 14.3. The maximum Gasteiger partial charge on any atom is 0.407 e. The Bertz CT molecular complexity index is 1570. The molecule has 0 bridgehead atoms. The van der Waals surface area contributed by atoms with E-state index in [2.05, 4.69) is 27.4 Å². The van der Waals surface area contributed by atoms with Gasteiger partial charge >= 0.3 is 11.8 Å². The van der Waals surface area contributed by atoms with E-state index in [-0.39, 0.29) is 37.1 Å². The molecule has 2 atom stereocenters. The Balaban J connectivity index is 1.13. The summed E-state index contributed by atoms with van der Waals surface area (Å²) in [5.41, 5.74) is 2.61. The van der Waals surface area contributed by atoms with Gasteiger partial charge in [-0.05, 0) is 37.0 Å². The van der Waals surface area contributed by atoms with Crippen LogP contribution in [0.1, 0.15) is 42.9 Å². The first kappa shape index (κ1) is 29.1. The highest BCUT2D eigenvalue weighted by Gasteiger charge is 2.31. The molecule has 0 spiro atoms. The first-order chi connectivity index (χ1) is 20.4. The number of alkyl carbamates (subject to hydrolysis) is 1. The molecule has 2 fully saturated rings. The molecular weight excluding hydrogens is 538 g/mol. The number of imide groups is 1. The van der Waals surface area contributed by atoms with Gasteiger partial charge < -0.3 is 14.8 Å². The Kier molecular flexibility index (Phi) is 9.36. The molecule has 5 rings (SSSR count). The van der Waals surface area contributed by atoms with E-state index < -0.39 is 18.0 Å². The van der Waals surface area contributed by atoms with E-state index in [1.807, 2.05) is 42.5 Å². The van der Waals surface area contributed by atoms with E-state index in [4.69, 9.17) is 9.47 Å². The highest BCUT2D eigenvalue weighted by Crippen LogP contribution is 2.24. The molecule has 2 saturated heterocycles. The van der Waals surface area contributed by atoms with Crippen LogP contribution in [-0.4, -0.2) is 70.8 Å². The summed E-state index contributed by atoms with van der Waals surface area (Å²) in [5.74, 6) is 5.68. The predicted molar refractivity (Wildman–Crippen MR) is 156 cm³/mol. The number of carbonyl (C=O) groups is 3. The Morgan fingerprint density at radius 2 is 1.98 bits per heavy atom. The van der Waals surface area contributed by atoms with E-state index in [1.165, 1.54) is 9.13 Å². The molecular formula is C31H35N5O6. The number of nitrogens with zero attached hydrogens (tertiary/aromatic N) is 3. The SMILES string of the molecule is Cn1c(=O)n(C2CCC(=O)NC2=O)c2cccc(C#CCN3CCO[C@H](CCCNC(=O)OCc4ccccc4)C3)c21. The van der Waals surface area contributed by atoms with Crippen LogP contribution in [0.25, 0.3) is 11.0 Å². The van der Waals surface area contributed by atoms with Crippen molar-refractivity contribution >= 4 is 28.9 Å². The summed E-state index contributed by atoms with van der Waals surface area (Å²) in [6.07, 6.45) is 1.67. The molecule has 1 unspecified atom stereocenters. The van der Waals surface area contributed by atoms with Crippen molar-refractivity contribution in [3.05, 3.63) is 70.1 Å². The molecule has 2 aliphatic rings. The summed E-state index contributed by atoms with van der Waals surface area (Å²) in [4.78, 5) is 51.4. The van der Waals surface area contributed by atoms with Crippen LogP contribution >= 0.6 is 0 Å². The second-order valence-corrected chi connectivity index (χ2v) is 10.5. The van der Waals surface area contributed by atoms with Gasteiger partial charge in [0.2, 0.25) is 11.8 Å². The van der Waals surface area contributed by atoms with Gasteiger partial charge in [0.1, 0.15) is 12.6 Å². The van der Waals surface area contributed by atoms with Gasteiger partial charge in [-0.15, -0.1) is 0 Å². The molecule has 11 nitrogen and oxygen atoms in total. The van der Waals surface area contributed by atoms with E-state index in [1.54, 1.807) is 13.1 Å². The first-order valence-electron chi connectivity index (χ1n) is 14.2. The van der Waals surface area contributed by atoms with Gasteiger partial charge in [-0.1, -0.05) is 48.2 Å². The van der Waals surface area contributed by atoms with Crippen LogP contribution < -0.4 is 16.3 Å². The van der Waals surface area contributed by atoms with E-state index in [9.17, 15) is 19.2 Å². The largest absolute Gasteiger partial charge is 0.445 e. The van der Waals surface area contributed by atoms with Gasteiger partial charge in [0.15, 0.2) is 0 Å². The van der Waals surface area contributed by atoms with Gasteiger partial charge in [-0.25, -0.2) is 9.59 Å². The maximum atomic E-state index is 13.1. The monoisotopic (exact) mass is 573 g/mol. The quantitative estimate of drug-likeness (QED) is 0.240. The smallest absolute Gasteiger partial charge is 0.407 e. The average molecular weight is 574 g/mol. The molecule has 11 heteroatoms. The van der Waals surface area contributed by atoms with Gasteiger partial charge in [0.25, 0.3) is 0 Å². The van der Waals surface area contributed by atoms with Crippen LogP contribution in [0.15, 0.2) is 53.3 Å². The molecule has 0 saturated carbocycles. The molecule has 1 aromatic heterocycles. The number of fused-ring (bicyclic) bond motifs is 1. The molecule has 0 aliphatic carbocycles. The number of carbonyl (C=O) groups excluding carboxylic acids is 3. The number of ether oxygens (including phenoxy) is 2. The van der Waals surface area contributed by atoms with Gasteiger partial charge in [0, 0.05) is 33.1 Å². The fourth-order valence-corrected chi connectivity index (χ4v) is 5.41. The molecule has 220 valence electrons. The summed E-state index contributed by atoms with van der Waals surface area (Å²) in [5, 5.41) is 5.13. The lowest BCUT2D eigenvalue weighted by Gasteiger charge is -2.31. The van der Waals surface area contributed by atoms with Crippen LogP contribution in [0.3, 0.4) is 0 Å². The Morgan fingerprint density at radius 1 is 1.14 bits per heavy atom. The summed E-state index contributed by atoms with van der Waals surface area (Å²) < 4.78 is 14.1. The molecule has 2 aromatic carbocycles. The van der Waals surface area contributed by atoms with E-state index in [0.717, 1.165) is 31.5 Å². The number of benzene rings is 2. The number of aromatic nitrogens is 2. The zero-order chi connectivity index (χ0) is 29.5. The molecule has 3 heterocycles. The van der Waals surface area contributed by atoms with Crippen molar-refractivity contribution in [1.29, 1.82) is 0 Å². The number of hydrogen-bond acceptors (Lipinski definition) is 7. The van der Waals surface area contributed by atoms with Crippen molar-refractivity contribution < 1.29 is 23.9 Å². The van der Waals surface area contributed by atoms with Crippen molar-refractivity contribution in [2.45, 2.75) is 44.4 Å². The van der Waals surface area contributed by atoms with Crippen LogP contribution in [0.2, 0.25) is 0 Å². The number of piperidine rings is 1. The lowest BCUT2D eigenvalue weighted by atomic mass is 10.1. The normalized spacial score (nSPS) is 19.2. The number of hydrogen-bond donors (Lipinski definition) is 2. The number of para-hydroxylation sites is 1. The van der Waals surface area contributed by atoms with Gasteiger partial charge in [-0.2, -0.15) is 0 Å². The highest BCUT2D eigenvalue weighted by molar-refractivity contribution is 6.00. The summed E-state index contributed by atoms with van der Waals surface area (Å²) in [7, 11) is 1.67. The first-order valence-corrected chi connectivity index (χ1v) is 14.2. The van der Waals surface area contributed by atoms with Crippen LogP contribution in [0.4, 0.5) is 4.79 Å². The van der Waals surface area contributed by atoms with Crippen molar-refractivity contribution in [3.63, 3.8) is 0 Å². The number of aryl methyl sites for hydroxylation is 1. The zero-order valence-corrected chi connectivity index (χ0v) is 23.6. The number of nitrogens with one attached hydrogen (secondary N) is 2. The molecule has 2 aliphatic heterocycles. The van der Waals surface area contributed by atoms with Crippen molar-refractivity contribution in [1.82, 2.24) is 24.7 Å². The second kappa shape index (κ2) is 13.5. The van der Waals surface area contributed by atoms with E-state index >= 15 is 0 Å². The lowest BCUT2D eigenvalue weighted by Crippen LogP contribution is -2.44. The van der Waals surface area contributed by atoms with E-state index in [0.29, 0.717) is 36.3 Å². The van der Waals surface area contributed by atoms with Crippen LogP contribution in [0.5, 0.6) is 0 Å². The lowest BCUT2D eigenvalue weighted by molar-refractivity contribution is -0.135. The molecule has 3 amide bonds. The van der Waals surface area contributed by atoms with Crippen molar-refractivity contribution in [2.75, 3.05) is 32.8 Å². The van der Waals surface area contributed by atoms with Gasteiger partial charge in [0.05, 0.1) is 35.9 Å². The predicted octanol–water partition coefficient (Wildman–Crippen LogP) is 2.08. The third-order valence-corrected chi connectivity index (χ3v) is 7.56. The average Bonchev–Trinajstić information content (AvgIpc) is 3.25. The molecule has 42 heavy (non-hydrogen) atoms. The minimum absolute atomic E-state index is 0.0505. The second-order valence-electron chi connectivity index (χ2n) is 10.5. The van der Waals surface area contributed by atoms with Crippen molar-refractivity contribution in [2.24, 2.45) is 7.05 Å². The topological polar surface area (TPSA) is 124 Å². The Labute approximate surface area is 243 Å².